The third kappa shape index (κ3) is 20.2. The van der Waals surface area contributed by atoms with Crippen LogP contribution in [-0.2, 0) is 33.9 Å². The summed E-state index contributed by atoms with van der Waals surface area (Å²) in [6.07, 6.45) is 7.05. The van der Waals surface area contributed by atoms with Crippen molar-refractivity contribution in [3.05, 3.63) is 158 Å². The molecule has 7 heterocycles. The molecule has 8 rings (SSSR count). The summed E-state index contributed by atoms with van der Waals surface area (Å²) in [5, 5.41) is 0.539. The zero-order valence-electron chi connectivity index (χ0n) is 33.4. The molecule has 1 fully saturated rings. The van der Waals surface area contributed by atoms with Gasteiger partial charge in [0.2, 0.25) is 0 Å². The summed E-state index contributed by atoms with van der Waals surface area (Å²) in [5.74, 6) is -1.81. The second-order valence-corrected chi connectivity index (χ2v) is 17.2. The smallest absolute Gasteiger partial charge is 0.325 e. The van der Waals surface area contributed by atoms with E-state index in [4.69, 9.17) is 9.82 Å². The third-order valence-corrected chi connectivity index (χ3v) is 7.92. The van der Waals surface area contributed by atoms with Gasteiger partial charge in [0, 0.05) is 37.6 Å². The van der Waals surface area contributed by atoms with Gasteiger partial charge in [0.1, 0.15) is 0 Å². The Hall–Kier alpha value is -6.63. The van der Waals surface area contributed by atoms with Crippen molar-refractivity contribution in [2.75, 3.05) is 0 Å². The predicted molar refractivity (Wildman–Crippen MR) is 220 cm³/mol. The quantitative estimate of drug-likeness (QED) is 0.0655. The molecule has 7 aromatic rings. The number of halogens is 12. The molecule has 354 valence electrons. The number of aromatic nitrogens is 6. The first kappa shape index (κ1) is 53.0. The molecule has 0 aliphatic carbocycles. The molecule has 1 aromatic carbocycles. The molecule has 0 spiro atoms. The fraction of sp³-hybridized carbons (Fsp3) is 0.0488. The molecule has 0 N–H and O–H groups in total. The van der Waals surface area contributed by atoms with Crippen LogP contribution in [-0.4, -0.2) is 52.8 Å². The number of nitrogens with zero attached hydrogens (tertiary/aromatic N) is 7. The predicted octanol–water partition coefficient (Wildman–Crippen LogP) is 14.1. The van der Waals surface area contributed by atoms with Gasteiger partial charge in [0.15, 0.2) is 0 Å². The molecule has 11 nitrogen and oxygen atoms in total. The fourth-order valence-electron chi connectivity index (χ4n) is 5.33. The molecule has 2 amide bonds. The summed E-state index contributed by atoms with van der Waals surface area (Å²) in [4.78, 5) is 67.6. The van der Waals surface area contributed by atoms with E-state index < -0.39 is 33.4 Å². The van der Waals surface area contributed by atoms with Crippen LogP contribution in [0.4, 0.5) is 50.4 Å². The second-order valence-electron chi connectivity index (χ2n) is 13.3. The van der Waals surface area contributed by atoms with Crippen LogP contribution in [0.15, 0.2) is 152 Å². The molecule has 1 aliphatic rings. The maximum absolute atomic E-state index is 12.4. The second kappa shape index (κ2) is 19.3. The first-order valence-corrected chi connectivity index (χ1v) is 22.4. The molecule has 0 radical (unpaired) electrons. The number of hydroxylamine groups is 2. The van der Waals surface area contributed by atoms with E-state index in [-0.39, 0.29) is 37.9 Å². The van der Waals surface area contributed by atoms with E-state index in [2.05, 4.69) is 24.9 Å². The van der Waals surface area contributed by atoms with Crippen LogP contribution in [0.5, 0.6) is 0 Å². The Balaban J connectivity index is 0.000000246. The van der Waals surface area contributed by atoms with Crippen LogP contribution in [0.3, 0.4) is 0 Å². The third-order valence-electron chi connectivity index (χ3n) is 7.92. The molecule has 0 atom stereocenters. The van der Waals surface area contributed by atoms with Crippen LogP contribution >= 0.6 is 15.6 Å². The van der Waals surface area contributed by atoms with E-state index in [1.807, 2.05) is 103 Å². The van der Waals surface area contributed by atoms with Gasteiger partial charge < -0.3 is 4.84 Å². The minimum absolute atomic E-state index is 0. The van der Waals surface area contributed by atoms with Crippen molar-refractivity contribution in [1.82, 2.24) is 35.0 Å². The van der Waals surface area contributed by atoms with Gasteiger partial charge in [-0.1, -0.05) is 42.5 Å². The Morgan fingerprint density at radius 3 is 1.07 bits per heavy atom. The normalized spacial score (nSPS) is 14.3. The van der Waals surface area contributed by atoms with Gasteiger partial charge in [-0.05, 0) is 96.1 Å². The first-order valence-electron chi connectivity index (χ1n) is 18.4. The van der Waals surface area contributed by atoms with Crippen molar-refractivity contribution in [3.8, 4) is 56.7 Å². The van der Waals surface area contributed by atoms with Crippen LogP contribution in [0.2, 0.25) is 0 Å². The molecule has 1 saturated heterocycles. The summed E-state index contributed by atoms with van der Waals surface area (Å²) in [6, 6.07) is 39.3. The minimum Gasteiger partial charge on any atom is -0.325 e. The zero-order chi connectivity index (χ0) is 48.5. The number of imide groups is 1. The molecule has 26 heteroatoms. The summed E-state index contributed by atoms with van der Waals surface area (Å²) >= 11 is 0. The standard InChI is InChI=1S/C26H18N4O4.C15H11N3.2F6P.Ru/c31-24-11-12-25(32)30(24)34-26(33)18-9-7-17(8-10-18)19-15-22(20-5-1-3-13-27-20)29-23(16-19)21-6-2-4-14-28-21;1-3-10-16-12(6-1)14-8-5-9-15(18-14)13-7-2-4-11-17-13;2*1-7(2,3,4,5)6;/h1-10,13-16H,11-12H2;1-11H;;;/q;;2*-1;+2. The molecule has 0 saturated carbocycles. The number of pyridine rings is 6. The Labute approximate surface area is 383 Å². The Morgan fingerprint density at radius 1 is 0.433 bits per heavy atom. The van der Waals surface area contributed by atoms with Crippen LogP contribution < -0.4 is 0 Å². The van der Waals surface area contributed by atoms with Crippen molar-refractivity contribution in [3.63, 3.8) is 0 Å². The number of hydrogen-bond acceptors (Lipinski definition) is 10. The first-order chi connectivity index (χ1) is 30.4. The molecule has 67 heavy (non-hydrogen) atoms. The number of carbonyl (C=O) groups excluding carboxylic acids is 3. The van der Waals surface area contributed by atoms with Crippen molar-refractivity contribution in [2.24, 2.45) is 0 Å². The SMILES string of the molecule is F[P-](F)(F)(F)(F)F.F[P-](F)(F)(F)(F)F.O=C(ON1C(=O)CCC1=O)c1ccc(-c2cc(-c3ccccn3)nc(-c3ccccn3)c2)cc1.[Ru+2].c1ccc(-c2cccc(-c3ccccn3)n2)nc1. The van der Waals surface area contributed by atoms with Crippen molar-refractivity contribution >= 4 is 33.4 Å². The summed E-state index contributed by atoms with van der Waals surface area (Å²) in [5.41, 5.74) is 8.20. The summed E-state index contributed by atoms with van der Waals surface area (Å²) in [6.45, 7) is 0. The maximum Gasteiger partial charge on any atom is 2.00 e. The van der Waals surface area contributed by atoms with Crippen LogP contribution in [0.1, 0.15) is 23.2 Å². The van der Waals surface area contributed by atoms with Crippen molar-refractivity contribution in [2.45, 2.75) is 12.8 Å². The number of carbonyl (C=O) groups is 3. The number of benzene rings is 1. The van der Waals surface area contributed by atoms with Gasteiger partial charge in [-0.2, -0.15) is 0 Å². The zero-order valence-corrected chi connectivity index (χ0v) is 36.9. The minimum atomic E-state index is -10.7. The molecular weight excluding hydrogens is 1050 g/mol. The number of amides is 2. The average Bonchev–Trinajstić information content (AvgIpc) is 3.58. The van der Waals surface area contributed by atoms with E-state index >= 15 is 0 Å². The maximum atomic E-state index is 12.4. The average molecular weight is 1070 g/mol. The Morgan fingerprint density at radius 2 is 0.746 bits per heavy atom. The summed E-state index contributed by atoms with van der Waals surface area (Å²) in [7, 11) is -21.3. The topological polar surface area (TPSA) is 141 Å². The molecule has 6 aromatic heterocycles. The molecular formula is C41H29F12N7O4P2Ru. The van der Waals surface area contributed by atoms with E-state index in [1.165, 1.54) is 0 Å². The van der Waals surface area contributed by atoms with Gasteiger partial charge >= 0.3 is 91.4 Å². The van der Waals surface area contributed by atoms with E-state index in [0.717, 1.165) is 45.3 Å². The molecule has 1 aliphatic heterocycles. The monoisotopic (exact) mass is 1080 g/mol. The Bertz CT molecular complexity index is 2650. The number of rotatable bonds is 7. The Kier molecular flexibility index (Phi) is 15.3. The van der Waals surface area contributed by atoms with Crippen molar-refractivity contribution < 1.29 is 89.1 Å². The summed E-state index contributed by atoms with van der Waals surface area (Å²) < 4.78 is 118. The number of hydrogen-bond donors (Lipinski definition) is 0. The van der Waals surface area contributed by atoms with Crippen LogP contribution in [0.25, 0.3) is 56.7 Å². The van der Waals surface area contributed by atoms with Gasteiger partial charge in [-0.15, -0.1) is 5.06 Å². The van der Waals surface area contributed by atoms with Gasteiger partial charge in [-0.3, -0.25) is 29.5 Å². The van der Waals surface area contributed by atoms with Gasteiger partial charge in [0.05, 0.1) is 51.1 Å². The van der Waals surface area contributed by atoms with E-state index in [1.54, 1.807) is 49.1 Å². The van der Waals surface area contributed by atoms with E-state index in [0.29, 0.717) is 16.5 Å². The van der Waals surface area contributed by atoms with E-state index in [9.17, 15) is 64.7 Å². The van der Waals surface area contributed by atoms with Gasteiger partial charge in [-0.25, -0.2) is 14.8 Å². The molecule has 0 bridgehead atoms. The fourth-order valence-corrected chi connectivity index (χ4v) is 5.33. The largest absolute Gasteiger partial charge is 2.00 e. The van der Waals surface area contributed by atoms with Crippen LogP contribution in [0, 0.1) is 0 Å². The molecule has 0 unspecified atom stereocenters. The van der Waals surface area contributed by atoms with Gasteiger partial charge in [0.25, 0.3) is 11.8 Å². The van der Waals surface area contributed by atoms with Crippen molar-refractivity contribution in [1.29, 1.82) is 0 Å².